The number of hydrogen-bond donors (Lipinski definition) is 1. The van der Waals surface area contributed by atoms with Crippen molar-refractivity contribution in [3.05, 3.63) is 30.1 Å². The second-order valence-corrected chi connectivity index (χ2v) is 4.28. The zero-order valence-corrected chi connectivity index (χ0v) is 11.0. The zero-order chi connectivity index (χ0) is 13.4. The first-order valence-corrected chi connectivity index (χ1v) is 6.12. The summed E-state index contributed by atoms with van der Waals surface area (Å²) in [6.45, 7) is 5.36. The monoisotopic (exact) mass is 251 g/mol. The zero-order valence-electron chi connectivity index (χ0n) is 11.0. The van der Waals surface area contributed by atoms with Crippen LogP contribution in [0, 0.1) is 0 Å². The summed E-state index contributed by atoms with van der Waals surface area (Å²) < 4.78 is 5.18. The molecule has 0 saturated carbocycles. The van der Waals surface area contributed by atoms with Gasteiger partial charge in [-0.15, -0.1) is 0 Å². The highest BCUT2D eigenvalue weighted by Crippen LogP contribution is 2.06. The Balaban J connectivity index is 2.57. The van der Waals surface area contributed by atoms with Crippen LogP contribution in [-0.2, 0) is 16.1 Å². The molecule has 0 aliphatic carbocycles. The van der Waals surface area contributed by atoms with E-state index in [1.807, 2.05) is 32.0 Å². The fourth-order valence-electron chi connectivity index (χ4n) is 1.55. The van der Waals surface area contributed by atoms with Crippen molar-refractivity contribution in [2.75, 3.05) is 19.8 Å². The van der Waals surface area contributed by atoms with E-state index < -0.39 is 0 Å². The van der Waals surface area contributed by atoms with E-state index in [1.54, 1.807) is 11.1 Å². The van der Waals surface area contributed by atoms with Gasteiger partial charge < -0.3 is 15.4 Å². The molecule has 0 aromatic carbocycles. The number of aromatic nitrogens is 1. The Morgan fingerprint density at radius 2 is 2.28 bits per heavy atom. The van der Waals surface area contributed by atoms with Crippen LogP contribution in [0.5, 0.6) is 0 Å². The Bertz CT molecular complexity index is 355. The Hall–Kier alpha value is -1.46. The molecule has 100 valence electrons. The van der Waals surface area contributed by atoms with Gasteiger partial charge in [0.2, 0.25) is 5.91 Å². The van der Waals surface area contributed by atoms with Crippen molar-refractivity contribution in [3.63, 3.8) is 0 Å². The molecule has 0 radical (unpaired) electrons. The van der Waals surface area contributed by atoms with Crippen LogP contribution in [0.1, 0.15) is 19.5 Å². The van der Waals surface area contributed by atoms with Crippen LogP contribution < -0.4 is 5.73 Å². The second kappa shape index (κ2) is 7.79. The lowest BCUT2D eigenvalue weighted by atomic mass is 10.2. The highest BCUT2D eigenvalue weighted by Gasteiger charge is 2.17. The van der Waals surface area contributed by atoms with Crippen LogP contribution in [0.15, 0.2) is 24.4 Å². The molecule has 5 heteroatoms. The minimum atomic E-state index is -0.0379. The summed E-state index contributed by atoms with van der Waals surface area (Å²) in [6.07, 6.45) is 1.73. The molecular weight excluding hydrogens is 230 g/mol. The van der Waals surface area contributed by atoms with Crippen molar-refractivity contribution in [1.29, 1.82) is 0 Å². The predicted octanol–water partition coefficient (Wildman–Crippen LogP) is 0.794. The molecule has 1 heterocycles. The van der Waals surface area contributed by atoms with Crippen LogP contribution in [0.2, 0.25) is 0 Å². The molecule has 1 amide bonds. The lowest BCUT2D eigenvalue weighted by molar-refractivity contribution is -0.138. The van der Waals surface area contributed by atoms with Gasteiger partial charge in [-0.05, 0) is 26.0 Å². The SMILES string of the molecule is CC(C)N(Cc1ccccn1)C(=O)COCCN. The largest absolute Gasteiger partial charge is 0.370 e. The normalized spacial score (nSPS) is 10.7. The van der Waals surface area contributed by atoms with Crippen molar-refractivity contribution in [1.82, 2.24) is 9.88 Å². The van der Waals surface area contributed by atoms with Gasteiger partial charge in [0.15, 0.2) is 0 Å². The number of ether oxygens (including phenoxy) is 1. The number of nitrogens with two attached hydrogens (primary N) is 1. The van der Waals surface area contributed by atoms with E-state index in [-0.39, 0.29) is 18.6 Å². The number of hydrogen-bond acceptors (Lipinski definition) is 4. The Labute approximate surface area is 108 Å². The number of rotatable bonds is 7. The maximum Gasteiger partial charge on any atom is 0.249 e. The number of amides is 1. The van der Waals surface area contributed by atoms with Crippen LogP contribution in [0.4, 0.5) is 0 Å². The molecule has 0 fully saturated rings. The summed E-state index contributed by atoms with van der Waals surface area (Å²) >= 11 is 0. The Morgan fingerprint density at radius 3 is 2.83 bits per heavy atom. The third-order valence-corrected chi connectivity index (χ3v) is 2.49. The molecular formula is C13H21N3O2. The number of carbonyl (C=O) groups is 1. The molecule has 0 aliphatic rings. The van der Waals surface area contributed by atoms with Gasteiger partial charge in [0.1, 0.15) is 6.61 Å². The van der Waals surface area contributed by atoms with Gasteiger partial charge in [-0.2, -0.15) is 0 Å². The van der Waals surface area contributed by atoms with Crippen molar-refractivity contribution >= 4 is 5.91 Å². The smallest absolute Gasteiger partial charge is 0.249 e. The van der Waals surface area contributed by atoms with Crippen LogP contribution in [0.3, 0.4) is 0 Å². The molecule has 5 nitrogen and oxygen atoms in total. The summed E-state index contributed by atoms with van der Waals surface area (Å²) in [4.78, 5) is 18.0. The van der Waals surface area contributed by atoms with Gasteiger partial charge >= 0.3 is 0 Å². The molecule has 0 saturated heterocycles. The van der Waals surface area contributed by atoms with E-state index in [9.17, 15) is 4.79 Å². The van der Waals surface area contributed by atoms with Crippen molar-refractivity contribution in [2.24, 2.45) is 5.73 Å². The summed E-state index contributed by atoms with van der Waals surface area (Å²) in [5.74, 6) is -0.0379. The lowest BCUT2D eigenvalue weighted by Crippen LogP contribution is -2.39. The van der Waals surface area contributed by atoms with E-state index in [0.29, 0.717) is 19.7 Å². The third-order valence-electron chi connectivity index (χ3n) is 2.49. The van der Waals surface area contributed by atoms with Gasteiger partial charge in [-0.25, -0.2) is 0 Å². The Kier molecular flexibility index (Phi) is 6.32. The number of carbonyl (C=O) groups excluding carboxylic acids is 1. The molecule has 18 heavy (non-hydrogen) atoms. The van der Waals surface area contributed by atoms with Crippen LogP contribution >= 0.6 is 0 Å². The average Bonchev–Trinajstić information content (AvgIpc) is 2.37. The van der Waals surface area contributed by atoms with Gasteiger partial charge in [-0.1, -0.05) is 6.07 Å². The highest BCUT2D eigenvalue weighted by molar-refractivity contribution is 5.77. The van der Waals surface area contributed by atoms with Crippen molar-refractivity contribution in [3.8, 4) is 0 Å². The number of nitrogens with zero attached hydrogens (tertiary/aromatic N) is 2. The standard InChI is InChI=1S/C13H21N3O2/c1-11(2)16(13(17)10-18-8-6-14)9-12-5-3-4-7-15-12/h3-5,7,11H,6,8-10,14H2,1-2H3. The van der Waals surface area contributed by atoms with E-state index in [4.69, 9.17) is 10.5 Å². The van der Waals surface area contributed by atoms with Crippen molar-refractivity contribution < 1.29 is 9.53 Å². The maximum atomic E-state index is 12.0. The summed E-state index contributed by atoms with van der Waals surface area (Å²) in [5, 5.41) is 0. The van der Waals surface area contributed by atoms with E-state index in [0.717, 1.165) is 5.69 Å². The fourth-order valence-corrected chi connectivity index (χ4v) is 1.55. The second-order valence-electron chi connectivity index (χ2n) is 4.28. The van der Waals surface area contributed by atoms with E-state index >= 15 is 0 Å². The van der Waals surface area contributed by atoms with Gasteiger partial charge in [-0.3, -0.25) is 9.78 Å². The molecule has 0 unspecified atom stereocenters. The first-order chi connectivity index (χ1) is 8.65. The molecule has 2 N–H and O–H groups in total. The lowest BCUT2D eigenvalue weighted by Gasteiger charge is -2.26. The molecule has 0 spiro atoms. The van der Waals surface area contributed by atoms with Crippen molar-refractivity contribution in [2.45, 2.75) is 26.4 Å². The van der Waals surface area contributed by atoms with Gasteiger partial charge in [0.05, 0.1) is 18.8 Å². The predicted molar refractivity (Wildman–Crippen MR) is 69.8 cm³/mol. The molecule has 0 aliphatic heterocycles. The topological polar surface area (TPSA) is 68.5 Å². The quantitative estimate of drug-likeness (QED) is 0.728. The molecule has 1 aromatic heterocycles. The summed E-state index contributed by atoms with van der Waals surface area (Å²) in [6, 6.07) is 5.79. The molecule has 0 atom stereocenters. The summed E-state index contributed by atoms with van der Waals surface area (Å²) in [7, 11) is 0. The molecule has 1 aromatic rings. The van der Waals surface area contributed by atoms with Gasteiger partial charge in [0.25, 0.3) is 0 Å². The third kappa shape index (κ3) is 4.81. The fraction of sp³-hybridized carbons (Fsp3) is 0.538. The molecule has 0 bridgehead atoms. The average molecular weight is 251 g/mol. The minimum Gasteiger partial charge on any atom is -0.370 e. The van der Waals surface area contributed by atoms with E-state index in [2.05, 4.69) is 4.98 Å². The first kappa shape index (κ1) is 14.6. The van der Waals surface area contributed by atoms with Gasteiger partial charge in [0, 0.05) is 18.8 Å². The highest BCUT2D eigenvalue weighted by atomic mass is 16.5. The Morgan fingerprint density at radius 1 is 1.50 bits per heavy atom. The van der Waals surface area contributed by atoms with E-state index in [1.165, 1.54) is 0 Å². The maximum absolute atomic E-state index is 12.0. The molecule has 1 rings (SSSR count). The first-order valence-electron chi connectivity index (χ1n) is 6.12. The summed E-state index contributed by atoms with van der Waals surface area (Å²) in [5.41, 5.74) is 6.19. The minimum absolute atomic E-state index is 0.0379. The number of pyridine rings is 1. The van der Waals surface area contributed by atoms with Crippen LogP contribution in [0.25, 0.3) is 0 Å². The van der Waals surface area contributed by atoms with Crippen LogP contribution in [-0.4, -0.2) is 41.6 Å².